The van der Waals surface area contributed by atoms with E-state index < -0.39 is 0 Å². The molecule has 0 aromatic carbocycles. The second-order valence-corrected chi connectivity index (χ2v) is 5.86. The molecule has 2 N–H and O–H groups in total. The lowest BCUT2D eigenvalue weighted by Gasteiger charge is -2.33. The Morgan fingerprint density at radius 3 is 2.19 bits per heavy atom. The molecule has 3 heteroatoms. The smallest absolute Gasteiger partial charge is 0.0194 e. The lowest BCUT2D eigenvalue weighted by Crippen LogP contribution is -2.42. The van der Waals surface area contributed by atoms with Crippen molar-refractivity contribution in [1.29, 1.82) is 0 Å². The molecule has 0 aromatic heterocycles. The molecule has 0 fully saturated rings. The number of rotatable bonds is 8. The van der Waals surface area contributed by atoms with Crippen molar-refractivity contribution >= 4 is 0 Å². The SMILES string of the molecule is CCN(CCC(C)(C)CN)C(C)CN(C)C. The molecule has 98 valence electrons. The van der Waals surface area contributed by atoms with Gasteiger partial charge in [0.25, 0.3) is 0 Å². The average Bonchev–Trinajstić information content (AvgIpc) is 2.17. The Hall–Kier alpha value is -0.120. The molecule has 16 heavy (non-hydrogen) atoms. The Morgan fingerprint density at radius 2 is 1.81 bits per heavy atom. The average molecular weight is 229 g/mol. The van der Waals surface area contributed by atoms with Gasteiger partial charge in [0, 0.05) is 12.6 Å². The zero-order chi connectivity index (χ0) is 12.8. The quantitative estimate of drug-likeness (QED) is 0.687. The van der Waals surface area contributed by atoms with E-state index in [9.17, 15) is 0 Å². The second-order valence-electron chi connectivity index (χ2n) is 5.86. The molecule has 0 rings (SSSR count). The van der Waals surface area contributed by atoms with Gasteiger partial charge >= 0.3 is 0 Å². The summed E-state index contributed by atoms with van der Waals surface area (Å²) in [6.07, 6.45) is 1.18. The Balaban J connectivity index is 4.09. The van der Waals surface area contributed by atoms with Crippen LogP contribution >= 0.6 is 0 Å². The molecule has 0 bridgehead atoms. The Labute approximate surface area is 102 Å². The van der Waals surface area contributed by atoms with Crippen LogP contribution < -0.4 is 5.73 Å². The van der Waals surface area contributed by atoms with E-state index in [-0.39, 0.29) is 5.41 Å². The minimum absolute atomic E-state index is 0.269. The number of hydrogen-bond donors (Lipinski definition) is 1. The summed E-state index contributed by atoms with van der Waals surface area (Å²) in [6, 6.07) is 0.619. The molecule has 1 unspecified atom stereocenters. The van der Waals surface area contributed by atoms with Gasteiger partial charge in [-0.25, -0.2) is 0 Å². The molecule has 0 saturated heterocycles. The van der Waals surface area contributed by atoms with Crippen LogP contribution in [0, 0.1) is 5.41 Å². The fourth-order valence-corrected chi connectivity index (χ4v) is 1.88. The third-order valence-corrected chi connectivity index (χ3v) is 3.29. The van der Waals surface area contributed by atoms with Crippen molar-refractivity contribution in [2.75, 3.05) is 40.3 Å². The van der Waals surface area contributed by atoms with Crippen molar-refractivity contribution in [2.24, 2.45) is 11.1 Å². The standard InChI is InChI=1S/C13H31N3/c1-7-16(12(2)10-15(5)6)9-8-13(3,4)11-14/h12H,7-11,14H2,1-6H3. The summed E-state index contributed by atoms with van der Waals surface area (Å²) >= 11 is 0. The molecule has 0 amide bonds. The molecule has 0 saturated carbocycles. The summed E-state index contributed by atoms with van der Waals surface area (Å²) in [5, 5.41) is 0. The minimum atomic E-state index is 0.269. The van der Waals surface area contributed by atoms with Crippen LogP contribution in [0.1, 0.15) is 34.1 Å². The van der Waals surface area contributed by atoms with Crippen LogP contribution in [0.15, 0.2) is 0 Å². The summed E-state index contributed by atoms with van der Waals surface area (Å²) in [7, 11) is 4.27. The summed E-state index contributed by atoms with van der Waals surface area (Å²) < 4.78 is 0. The normalized spacial score (nSPS) is 14.8. The van der Waals surface area contributed by atoms with E-state index in [2.05, 4.69) is 51.6 Å². The van der Waals surface area contributed by atoms with Crippen LogP contribution in [0.25, 0.3) is 0 Å². The molecule has 0 aliphatic carbocycles. The van der Waals surface area contributed by atoms with Crippen LogP contribution in [0.5, 0.6) is 0 Å². The summed E-state index contributed by atoms with van der Waals surface area (Å²) in [5.41, 5.74) is 6.03. The topological polar surface area (TPSA) is 32.5 Å². The van der Waals surface area contributed by atoms with Crippen molar-refractivity contribution in [3.63, 3.8) is 0 Å². The lowest BCUT2D eigenvalue weighted by molar-refractivity contribution is 0.157. The summed E-state index contributed by atoms with van der Waals surface area (Å²) in [6.45, 7) is 13.2. The van der Waals surface area contributed by atoms with Gasteiger partial charge < -0.3 is 10.6 Å². The first-order chi connectivity index (χ1) is 7.32. The van der Waals surface area contributed by atoms with Gasteiger partial charge in [-0.15, -0.1) is 0 Å². The van der Waals surface area contributed by atoms with Gasteiger partial charge in [0.2, 0.25) is 0 Å². The van der Waals surface area contributed by atoms with Gasteiger partial charge in [-0.05, 0) is 52.5 Å². The second kappa shape index (κ2) is 7.25. The van der Waals surface area contributed by atoms with Crippen LogP contribution in [0.4, 0.5) is 0 Å². The molecule has 0 aliphatic heterocycles. The molecule has 0 aliphatic rings. The van der Waals surface area contributed by atoms with Crippen molar-refractivity contribution in [3.8, 4) is 0 Å². The first-order valence-electron chi connectivity index (χ1n) is 6.41. The van der Waals surface area contributed by atoms with Gasteiger partial charge in [0.1, 0.15) is 0 Å². The molecule has 1 atom stereocenters. The number of nitrogens with two attached hydrogens (primary N) is 1. The fourth-order valence-electron chi connectivity index (χ4n) is 1.88. The molecule has 0 spiro atoms. The van der Waals surface area contributed by atoms with Gasteiger partial charge in [-0.3, -0.25) is 4.90 Å². The summed E-state index contributed by atoms with van der Waals surface area (Å²) in [4.78, 5) is 4.79. The van der Waals surface area contributed by atoms with E-state index in [4.69, 9.17) is 5.73 Å². The number of likely N-dealkylation sites (N-methyl/N-ethyl adjacent to an activating group) is 2. The fraction of sp³-hybridized carbons (Fsp3) is 1.00. The predicted molar refractivity (Wildman–Crippen MR) is 72.7 cm³/mol. The van der Waals surface area contributed by atoms with Crippen molar-refractivity contribution < 1.29 is 0 Å². The van der Waals surface area contributed by atoms with Gasteiger partial charge in [0.15, 0.2) is 0 Å². The predicted octanol–water partition coefficient (Wildman–Crippen LogP) is 1.63. The van der Waals surface area contributed by atoms with Gasteiger partial charge in [-0.1, -0.05) is 20.8 Å². The highest BCUT2D eigenvalue weighted by atomic mass is 15.2. The van der Waals surface area contributed by atoms with Crippen molar-refractivity contribution in [1.82, 2.24) is 9.80 Å². The van der Waals surface area contributed by atoms with E-state index in [0.717, 1.165) is 26.2 Å². The molecule has 0 radical (unpaired) electrons. The molecular weight excluding hydrogens is 198 g/mol. The molecular formula is C13H31N3. The Kier molecular flexibility index (Phi) is 7.20. The number of hydrogen-bond acceptors (Lipinski definition) is 3. The van der Waals surface area contributed by atoms with Gasteiger partial charge in [0.05, 0.1) is 0 Å². The van der Waals surface area contributed by atoms with E-state index in [1.165, 1.54) is 6.42 Å². The Bertz CT molecular complexity index is 178. The monoisotopic (exact) mass is 229 g/mol. The van der Waals surface area contributed by atoms with Gasteiger partial charge in [-0.2, -0.15) is 0 Å². The largest absolute Gasteiger partial charge is 0.330 e. The highest BCUT2D eigenvalue weighted by Crippen LogP contribution is 2.19. The lowest BCUT2D eigenvalue weighted by atomic mass is 9.89. The van der Waals surface area contributed by atoms with Crippen molar-refractivity contribution in [2.45, 2.75) is 40.2 Å². The first-order valence-corrected chi connectivity index (χ1v) is 6.41. The van der Waals surface area contributed by atoms with Crippen LogP contribution in [0.3, 0.4) is 0 Å². The zero-order valence-corrected chi connectivity index (χ0v) is 12.1. The third kappa shape index (κ3) is 6.46. The van der Waals surface area contributed by atoms with E-state index in [1.54, 1.807) is 0 Å². The van der Waals surface area contributed by atoms with Crippen LogP contribution in [0.2, 0.25) is 0 Å². The van der Waals surface area contributed by atoms with E-state index >= 15 is 0 Å². The van der Waals surface area contributed by atoms with Crippen molar-refractivity contribution in [3.05, 3.63) is 0 Å². The zero-order valence-electron chi connectivity index (χ0n) is 12.1. The maximum absolute atomic E-state index is 5.76. The highest BCUT2D eigenvalue weighted by molar-refractivity contribution is 4.74. The van der Waals surface area contributed by atoms with E-state index in [0.29, 0.717) is 6.04 Å². The maximum atomic E-state index is 5.76. The molecule has 0 heterocycles. The number of nitrogens with zero attached hydrogens (tertiary/aromatic N) is 2. The third-order valence-electron chi connectivity index (χ3n) is 3.29. The Morgan fingerprint density at radius 1 is 1.25 bits per heavy atom. The minimum Gasteiger partial charge on any atom is -0.330 e. The maximum Gasteiger partial charge on any atom is 0.0194 e. The molecule has 0 aromatic rings. The highest BCUT2D eigenvalue weighted by Gasteiger charge is 2.19. The molecule has 3 nitrogen and oxygen atoms in total. The van der Waals surface area contributed by atoms with Crippen LogP contribution in [-0.2, 0) is 0 Å². The van der Waals surface area contributed by atoms with Crippen LogP contribution in [-0.4, -0.2) is 56.1 Å². The first kappa shape index (κ1) is 15.9. The summed E-state index contributed by atoms with van der Waals surface area (Å²) in [5.74, 6) is 0. The van der Waals surface area contributed by atoms with E-state index in [1.807, 2.05) is 0 Å².